The molecular formula is C13H15N3O2S. The van der Waals surface area contributed by atoms with E-state index in [2.05, 4.69) is 10.2 Å². The summed E-state index contributed by atoms with van der Waals surface area (Å²) in [4.78, 5) is 10.9. The fourth-order valence-corrected chi connectivity index (χ4v) is 3.59. The van der Waals surface area contributed by atoms with Crippen molar-refractivity contribution in [2.75, 3.05) is 11.5 Å². The summed E-state index contributed by atoms with van der Waals surface area (Å²) in [6.07, 6.45) is 5.19. The smallest absolute Gasteiger partial charge is 0.335 e. The third-order valence-corrected chi connectivity index (χ3v) is 4.74. The van der Waals surface area contributed by atoms with Gasteiger partial charge in [0.05, 0.1) is 5.56 Å². The lowest BCUT2D eigenvalue weighted by atomic mass is 10.0. The van der Waals surface area contributed by atoms with Gasteiger partial charge in [0.15, 0.2) is 5.65 Å². The van der Waals surface area contributed by atoms with Crippen LogP contribution in [0.3, 0.4) is 0 Å². The Labute approximate surface area is 115 Å². The molecule has 3 heterocycles. The summed E-state index contributed by atoms with van der Waals surface area (Å²) in [5.74, 6) is 3.10. The summed E-state index contributed by atoms with van der Waals surface area (Å²) < 4.78 is 1.89. The number of thioether (sulfide) groups is 1. The SMILES string of the molecule is O=C(O)c1ccn2c(CC3CCCSC3)nnc2c1. The van der Waals surface area contributed by atoms with Gasteiger partial charge in [-0.3, -0.25) is 4.40 Å². The zero-order valence-corrected chi connectivity index (χ0v) is 11.3. The molecule has 1 unspecified atom stereocenters. The number of carboxylic acid groups (broad SMARTS) is 1. The fraction of sp³-hybridized carbons (Fsp3) is 0.462. The van der Waals surface area contributed by atoms with E-state index in [-0.39, 0.29) is 5.56 Å². The van der Waals surface area contributed by atoms with E-state index in [4.69, 9.17) is 5.11 Å². The minimum atomic E-state index is -0.935. The van der Waals surface area contributed by atoms with Crippen LogP contribution in [0.5, 0.6) is 0 Å². The molecule has 100 valence electrons. The van der Waals surface area contributed by atoms with Gasteiger partial charge in [-0.2, -0.15) is 11.8 Å². The van der Waals surface area contributed by atoms with Gasteiger partial charge in [0.25, 0.3) is 0 Å². The Bertz CT molecular complexity index is 605. The predicted octanol–water partition coefficient (Wildman–Crippen LogP) is 2.11. The molecule has 6 heteroatoms. The van der Waals surface area contributed by atoms with Crippen molar-refractivity contribution in [2.45, 2.75) is 19.3 Å². The molecular weight excluding hydrogens is 262 g/mol. The molecule has 1 atom stereocenters. The molecule has 0 saturated carbocycles. The van der Waals surface area contributed by atoms with Gasteiger partial charge in [0.2, 0.25) is 0 Å². The van der Waals surface area contributed by atoms with E-state index in [1.54, 1.807) is 18.3 Å². The number of nitrogens with zero attached hydrogens (tertiary/aromatic N) is 3. The summed E-state index contributed by atoms with van der Waals surface area (Å²) in [6, 6.07) is 3.16. The van der Waals surface area contributed by atoms with Crippen LogP contribution in [0, 0.1) is 5.92 Å². The normalized spacial score (nSPS) is 19.7. The number of carboxylic acids is 1. The Morgan fingerprint density at radius 3 is 3.16 bits per heavy atom. The van der Waals surface area contributed by atoms with Gasteiger partial charge >= 0.3 is 5.97 Å². The van der Waals surface area contributed by atoms with Crippen molar-refractivity contribution < 1.29 is 9.90 Å². The van der Waals surface area contributed by atoms with Gasteiger partial charge in [-0.25, -0.2) is 4.79 Å². The number of fused-ring (bicyclic) bond motifs is 1. The minimum absolute atomic E-state index is 0.250. The lowest BCUT2D eigenvalue weighted by Gasteiger charge is -2.20. The maximum absolute atomic E-state index is 10.9. The Hall–Kier alpha value is -1.56. The molecule has 19 heavy (non-hydrogen) atoms. The summed E-state index contributed by atoms with van der Waals surface area (Å²) in [5.41, 5.74) is 0.859. The molecule has 2 aromatic heterocycles. The molecule has 5 nitrogen and oxygen atoms in total. The van der Waals surface area contributed by atoms with Crippen LogP contribution in [0.1, 0.15) is 29.0 Å². The van der Waals surface area contributed by atoms with Crippen LogP contribution in [0.25, 0.3) is 5.65 Å². The number of carbonyl (C=O) groups is 1. The highest BCUT2D eigenvalue weighted by atomic mass is 32.2. The topological polar surface area (TPSA) is 67.5 Å². The first-order chi connectivity index (χ1) is 9.24. The number of pyridine rings is 1. The largest absolute Gasteiger partial charge is 0.478 e. The van der Waals surface area contributed by atoms with Crippen LogP contribution in [0.2, 0.25) is 0 Å². The number of hydrogen-bond acceptors (Lipinski definition) is 4. The first kappa shape index (κ1) is 12.5. The third kappa shape index (κ3) is 2.58. The van der Waals surface area contributed by atoms with Gasteiger partial charge in [-0.05, 0) is 42.4 Å². The van der Waals surface area contributed by atoms with E-state index >= 15 is 0 Å². The number of hydrogen-bond donors (Lipinski definition) is 1. The molecule has 0 spiro atoms. The van der Waals surface area contributed by atoms with Crippen molar-refractivity contribution in [3.8, 4) is 0 Å². The Balaban J connectivity index is 1.86. The van der Waals surface area contributed by atoms with Gasteiger partial charge in [0, 0.05) is 12.6 Å². The van der Waals surface area contributed by atoms with Crippen molar-refractivity contribution in [1.82, 2.24) is 14.6 Å². The Kier molecular flexibility index (Phi) is 3.42. The standard InChI is InChI=1S/C13H15N3O2S/c17-13(18)10-3-4-16-11(14-15-12(16)7-10)6-9-2-1-5-19-8-9/h3-4,7,9H,1-2,5-6,8H2,(H,17,18). The lowest BCUT2D eigenvalue weighted by molar-refractivity contribution is 0.0697. The first-order valence-corrected chi connectivity index (χ1v) is 7.54. The van der Waals surface area contributed by atoms with E-state index in [0.29, 0.717) is 11.6 Å². The molecule has 3 rings (SSSR count). The minimum Gasteiger partial charge on any atom is -0.478 e. The molecule has 0 aliphatic carbocycles. The van der Waals surface area contributed by atoms with Gasteiger partial charge in [0.1, 0.15) is 5.82 Å². The highest BCUT2D eigenvalue weighted by molar-refractivity contribution is 7.99. The quantitative estimate of drug-likeness (QED) is 0.930. The molecule has 1 N–H and O–H groups in total. The molecule has 1 aliphatic rings. The van der Waals surface area contributed by atoms with Crippen LogP contribution < -0.4 is 0 Å². The molecule has 1 fully saturated rings. The van der Waals surface area contributed by atoms with Crippen LogP contribution in [-0.4, -0.2) is 37.2 Å². The van der Waals surface area contributed by atoms with Crippen molar-refractivity contribution in [3.63, 3.8) is 0 Å². The lowest BCUT2D eigenvalue weighted by Crippen LogP contribution is -2.14. The summed E-state index contributed by atoms with van der Waals surface area (Å²) >= 11 is 2.00. The molecule has 0 aromatic carbocycles. The Morgan fingerprint density at radius 1 is 1.53 bits per heavy atom. The predicted molar refractivity (Wildman–Crippen MR) is 73.7 cm³/mol. The maximum atomic E-state index is 10.9. The van der Waals surface area contributed by atoms with Crippen LogP contribution >= 0.6 is 11.8 Å². The van der Waals surface area contributed by atoms with Crippen molar-refractivity contribution in [1.29, 1.82) is 0 Å². The third-order valence-electron chi connectivity index (χ3n) is 3.45. The summed E-state index contributed by atoms with van der Waals surface area (Å²) in [6.45, 7) is 0. The van der Waals surface area contributed by atoms with Crippen molar-refractivity contribution >= 4 is 23.4 Å². The van der Waals surface area contributed by atoms with E-state index in [1.807, 2.05) is 16.2 Å². The number of rotatable bonds is 3. The molecule has 0 amide bonds. The second-order valence-corrected chi connectivity index (χ2v) is 6.00. The highest BCUT2D eigenvalue weighted by Gasteiger charge is 2.17. The van der Waals surface area contributed by atoms with Crippen LogP contribution in [0.15, 0.2) is 18.3 Å². The van der Waals surface area contributed by atoms with Crippen LogP contribution in [-0.2, 0) is 6.42 Å². The number of aromatic carboxylic acids is 1. The van der Waals surface area contributed by atoms with Crippen LogP contribution in [0.4, 0.5) is 0 Å². The number of aromatic nitrogens is 3. The summed E-state index contributed by atoms with van der Waals surface area (Å²) in [5, 5.41) is 17.2. The van der Waals surface area contributed by atoms with Gasteiger partial charge < -0.3 is 5.11 Å². The van der Waals surface area contributed by atoms with Crippen molar-refractivity contribution in [2.24, 2.45) is 5.92 Å². The average molecular weight is 277 g/mol. The van der Waals surface area contributed by atoms with E-state index in [1.165, 1.54) is 24.3 Å². The monoisotopic (exact) mass is 277 g/mol. The molecule has 1 saturated heterocycles. The van der Waals surface area contributed by atoms with Gasteiger partial charge in [-0.15, -0.1) is 10.2 Å². The maximum Gasteiger partial charge on any atom is 0.335 e. The summed E-state index contributed by atoms with van der Waals surface area (Å²) in [7, 11) is 0. The average Bonchev–Trinajstić information content (AvgIpc) is 2.82. The highest BCUT2D eigenvalue weighted by Crippen LogP contribution is 2.25. The van der Waals surface area contributed by atoms with E-state index < -0.39 is 5.97 Å². The van der Waals surface area contributed by atoms with E-state index in [9.17, 15) is 4.79 Å². The molecule has 2 aromatic rings. The second kappa shape index (κ2) is 5.21. The fourth-order valence-electron chi connectivity index (χ4n) is 2.44. The first-order valence-electron chi connectivity index (χ1n) is 6.39. The second-order valence-electron chi connectivity index (χ2n) is 4.85. The van der Waals surface area contributed by atoms with Crippen molar-refractivity contribution in [3.05, 3.63) is 29.7 Å². The molecule has 0 radical (unpaired) electrons. The zero-order chi connectivity index (χ0) is 13.2. The van der Waals surface area contributed by atoms with E-state index in [0.717, 1.165) is 12.2 Å². The molecule has 1 aliphatic heterocycles. The Morgan fingerprint density at radius 2 is 2.42 bits per heavy atom. The molecule has 0 bridgehead atoms. The zero-order valence-electron chi connectivity index (χ0n) is 10.5. The van der Waals surface area contributed by atoms with Gasteiger partial charge in [-0.1, -0.05) is 0 Å².